The Labute approximate surface area is 113 Å². The maximum absolute atomic E-state index is 13.6. The second kappa shape index (κ2) is 7.24. The molecule has 1 rings (SSSR count). The lowest BCUT2D eigenvalue weighted by atomic mass is 10.1. The summed E-state index contributed by atoms with van der Waals surface area (Å²) in [5.41, 5.74) is 0.658. The van der Waals surface area contributed by atoms with E-state index >= 15 is 0 Å². The Hall–Kier alpha value is -0.260. The zero-order valence-corrected chi connectivity index (χ0v) is 12.4. The van der Waals surface area contributed by atoms with Crippen LogP contribution in [0.4, 0.5) is 4.39 Å². The van der Waals surface area contributed by atoms with Gasteiger partial charge in [-0.3, -0.25) is 4.21 Å². The molecule has 1 N–H and O–H groups in total. The van der Waals surface area contributed by atoms with Crippen molar-refractivity contribution in [3.8, 4) is 0 Å². The number of halogens is 2. The van der Waals surface area contributed by atoms with Crippen molar-refractivity contribution in [3.05, 3.63) is 34.1 Å². The molecule has 1 aromatic carbocycles. The molecule has 0 aliphatic carbocycles. The smallest absolute Gasteiger partial charge is 0.129 e. The molecule has 0 amide bonds. The molecule has 0 saturated heterocycles. The summed E-state index contributed by atoms with van der Waals surface area (Å²) in [6.07, 6.45) is 2.53. The van der Waals surface area contributed by atoms with E-state index in [-0.39, 0.29) is 11.9 Å². The predicted octanol–water partition coefficient (Wildman–Crippen LogP) is 3.01. The third-order valence-corrected chi connectivity index (χ3v) is 3.84. The Morgan fingerprint density at radius 1 is 1.53 bits per heavy atom. The first-order valence-electron chi connectivity index (χ1n) is 5.49. The van der Waals surface area contributed by atoms with E-state index in [9.17, 15) is 8.60 Å². The van der Waals surface area contributed by atoms with Crippen molar-refractivity contribution in [3.63, 3.8) is 0 Å². The molecular weight excluding hydrogens is 305 g/mol. The van der Waals surface area contributed by atoms with E-state index in [1.54, 1.807) is 12.3 Å². The SMILES string of the molecule is CC(NCCCS(C)=O)c1ccc(Br)cc1F. The first-order valence-corrected chi connectivity index (χ1v) is 8.01. The monoisotopic (exact) mass is 321 g/mol. The molecular formula is C12H17BrFNOS. The molecule has 0 heterocycles. The van der Waals surface area contributed by atoms with E-state index in [1.807, 2.05) is 13.0 Å². The zero-order chi connectivity index (χ0) is 12.8. The molecule has 2 unspecified atom stereocenters. The fraction of sp³-hybridized carbons (Fsp3) is 0.500. The Balaban J connectivity index is 2.46. The van der Waals surface area contributed by atoms with E-state index in [1.165, 1.54) is 6.07 Å². The van der Waals surface area contributed by atoms with Crippen LogP contribution in [0.15, 0.2) is 22.7 Å². The lowest BCUT2D eigenvalue weighted by Crippen LogP contribution is -2.22. The number of nitrogens with one attached hydrogen (secondary N) is 1. The number of rotatable bonds is 6. The molecule has 0 fully saturated rings. The fourth-order valence-corrected chi connectivity index (χ4v) is 2.44. The molecule has 0 saturated carbocycles. The Morgan fingerprint density at radius 3 is 2.82 bits per heavy atom. The summed E-state index contributed by atoms with van der Waals surface area (Å²) in [6.45, 7) is 2.67. The average molecular weight is 322 g/mol. The quantitative estimate of drug-likeness (QED) is 0.816. The van der Waals surface area contributed by atoms with Gasteiger partial charge >= 0.3 is 0 Å². The third-order valence-electron chi connectivity index (χ3n) is 2.49. The van der Waals surface area contributed by atoms with Crippen molar-refractivity contribution >= 4 is 26.7 Å². The third kappa shape index (κ3) is 5.27. The van der Waals surface area contributed by atoms with Gasteiger partial charge in [-0.15, -0.1) is 0 Å². The van der Waals surface area contributed by atoms with Crippen LogP contribution in [0.3, 0.4) is 0 Å². The normalized spacial score (nSPS) is 14.6. The topological polar surface area (TPSA) is 29.1 Å². The summed E-state index contributed by atoms with van der Waals surface area (Å²) >= 11 is 3.23. The highest BCUT2D eigenvalue weighted by atomic mass is 79.9. The van der Waals surface area contributed by atoms with Gasteiger partial charge in [0.05, 0.1) is 0 Å². The van der Waals surface area contributed by atoms with Crippen LogP contribution in [0, 0.1) is 5.82 Å². The summed E-state index contributed by atoms with van der Waals surface area (Å²) in [5, 5.41) is 3.22. The summed E-state index contributed by atoms with van der Waals surface area (Å²) in [6, 6.07) is 5.04. The minimum Gasteiger partial charge on any atom is -0.310 e. The second-order valence-corrected chi connectivity index (χ2v) is 6.44. The van der Waals surface area contributed by atoms with Gasteiger partial charge in [0.15, 0.2) is 0 Å². The van der Waals surface area contributed by atoms with Crippen LogP contribution >= 0.6 is 15.9 Å². The van der Waals surface area contributed by atoms with Crippen LogP contribution in [0.5, 0.6) is 0 Å². The van der Waals surface area contributed by atoms with Crippen LogP contribution in [-0.4, -0.2) is 22.8 Å². The maximum atomic E-state index is 13.6. The van der Waals surface area contributed by atoms with Crippen molar-refractivity contribution in [1.82, 2.24) is 5.32 Å². The van der Waals surface area contributed by atoms with Gasteiger partial charge in [0.1, 0.15) is 5.82 Å². The molecule has 1 aromatic rings. The minimum absolute atomic E-state index is 0.0339. The van der Waals surface area contributed by atoms with Crippen LogP contribution < -0.4 is 5.32 Å². The van der Waals surface area contributed by atoms with Crippen molar-refractivity contribution < 1.29 is 8.60 Å². The van der Waals surface area contributed by atoms with Gasteiger partial charge < -0.3 is 5.32 Å². The Kier molecular flexibility index (Phi) is 6.30. The maximum Gasteiger partial charge on any atom is 0.129 e. The van der Waals surface area contributed by atoms with Crippen molar-refractivity contribution in [1.29, 1.82) is 0 Å². The summed E-state index contributed by atoms with van der Waals surface area (Å²) in [7, 11) is -0.753. The van der Waals surface area contributed by atoms with Gasteiger partial charge in [0.2, 0.25) is 0 Å². The Morgan fingerprint density at radius 2 is 2.24 bits per heavy atom. The summed E-state index contributed by atoms with van der Waals surface area (Å²) in [4.78, 5) is 0. The number of hydrogen-bond acceptors (Lipinski definition) is 2. The van der Waals surface area contributed by atoms with Gasteiger partial charge in [-0.1, -0.05) is 22.0 Å². The van der Waals surface area contributed by atoms with Gasteiger partial charge in [0, 0.05) is 38.9 Å². The number of hydrogen-bond donors (Lipinski definition) is 1. The van der Waals surface area contributed by atoms with Crippen molar-refractivity contribution in [2.75, 3.05) is 18.6 Å². The highest BCUT2D eigenvalue weighted by Crippen LogP contribution is 2.20. The molecule has 0 spiro atoms. The molecule has 0 aromatic heterocycles. The molecule has 2 atom stereocenters. The highest BCUT2D eigenvalue weighted by Gasteiger charge is 2.10. The van der Waals surface area contributed by atoms with Gasteiger partial charge in [-0.2, -0.15) is 0 Å². The molecule has 0 bridgehead atoms. The Bertz CT molecular complexity index is 400. The lowest BCUT2D eigenvalue weighted by Gasteiger charge is -2.15. The molecule has 0 radical (unpaired) electrons. The van der Waals surface area contributed by atoms with Crippen LogP contribution in [-0.2, 0) is 10.8 Å². The largest absolute Gasteiger partial charge is 0.310 e. The molecule has 0 aliphatic heterocycles. The molecule has 17 heavy (non-hydrogen) atoms. The van der Waals surface area contributed by atoms with E-state index in [4.69, 9.17) is 0 Å². The molecule has 0 aliphatic rings. The van der Waals surface area contributed by atoms with Crippen molar-refractivity contribution in [2.24, 2.45) is 0 Å². The summed E-state index contributed by atoms with van der Waals surface area (Å²) < 4.78 is 25.2. The second-order valence-electron chi connectivity index (χ2n) is 3.97. The standard InChI is InChI=1S/C12H17BrFNOS/c1-9(15-6-3-7-17(2)16)11-5-4-10(13)8-12(11)14/h4-5,8-9,15H,3,6-7H2,1-2H3. The van der Waals surface area contributed by atoms with E-state index in [2.05, 4.69) is 21.2 Å². The van der Waals surface area contributed by atoms with Gasteiger partial charge in [-0.25, -0.2) is 4.39 Å². The van der Waals surface area contributed by atoms with E-state index in [0.717, 1.165) is 17.4 Å². The molecule has 5 heteroatoms. The summed E-state index contributed by atoms with van der Waals surface area (Å²) in [5.74, 6) is 0.473. The lowest BCUT2D eigenvalue weighted by molar-refractivity contribution is 0.527. The fourth-order valence-electron chi connectivity index (χ4n) is 1.56. The van der Waals surface area contributed by atoms with E-state index in [0.29, 0.717) is 11.3 Å². The average Bonchev–Trinajstić information content (AvgIpc) is 2.23. The van der Waals surface area contributed by atoms with Crippen LogP contribution in [0.25, 0.3) is 0 Å². The first-order chi connectivity index (χ1) is 8.00. The van der Waals surface area contributed by atoms with E-state index < -0.39 is 10.8 Å². The highest BCUT2D eigenvalue weighted by molar-refractivity contribution is 9.10. The van der Waals surface area contributed by atoms with Crippen molar-refractivity contribution in [2.45, 2.75) is 19.4 Å². The van der Waals surface area contributed by atoms with Gasteiger partial charge in [-0.05, 0) is 32.0 Å². The van der Waals surface area contributed by atoms with Crippen LogP contribution in [0.1, 0.15) is 24.9 Å². The minimum atomic E-state index is -0.753. The van der Waals surface area contributed by atoms with Crippen LogP contribution in [0.2, 0.25) is 0 Å². The molecule has 96 valence electrons. The number of benzene rings is 1. The molecule has 2 nitrogen and oxygen atoms in total. The first kappa shape index (κ1) is 14.8. The van der Waals surface area contributed by atoms with Gasteiger partial charge in [0.25, 0.3) is 0 Å². The zero-order valence-electron chi connectivity index (χ0n) is 10.0. The predicted molar refractivity (Wildman–Crippen MR) is 74.1 cm³/mol.